The van der Waals surface area contributed by atoms with E-state index in [2.05, 4.69) is 5.32 Å². The van der Waals surface area contributed by atoms with Crippen LogP contribution in [0.5, 0.6) is 0 Å². The Morgan fingerprint density at radius 1 is 1.23 bits per heavy atom. The summed E-state index contributed by atoms with van der Waals surface area (Å²) in [4.78, 5) is 34.6. The maximum atomic E-state index is 12.0. The molecule has 0 unspecified atom stereocenters. The van der Waals surface area contributed by atoms with Crippen LogP contribution < -0.4 is 10.4 Å². The molecular weight excluding hydrogens is 336 g/mol. The Hall–Kier alpha value is -3.92. The topological polar surface area (TPSA) is 123 Å². The number of nitriles is 1. The van der Waals surface area contributed by atoms with Crippen LogP contribution in [0, 0.1) is 11.3 Å². The van der Waals surface area contributed by atoms with Crippen molar-refractivity contribution in [1.29, 1.82) is 5.26 Å². The SMILES string of the molecule is CC1=C(C#N)C(=O)NC(=O)/C1=C\c1ccc(-c2cccc(C(=O)[O-])c2)o1. The van der Waals surface area contributed by atoms with Gasteiger partial charge in [-0.2, -0.15) is 5.26 Å². The molecule has 0 saturated carbocycles. The highest BCUT2D eigenvalue weighted by molar-refractivity contribution is 6.19. The van der Waals surface area contributed by atoms with Crippen LogP contribution in [0.15, 0.2) is 57.5 Å². The van der Waals surface area contributed by atoms with Gasteiger partial charge in [0.2, 0.25) is 0 Å². The van der Waals surface area contributed by atoms with E-state index in [4.69, 9.17) is 9.68 Å². The summed E-state index contributed by atoms with van der Waals surface area (Å²) in [7, 11) is 0. The van der Waals surface area contributed by atoms with Gasteiger partial charge in [-0.1, -0.05) is 18.2 Å². The number of hydrogen-bond donors (Lipinski definition) is 1. The van der Waals surface area contributed by atoms with Crippen molar-refractivity contribution in [3.05, 3.63) is 64.4 Å². The van der Waals surface area contributed by atoms with E-state index in [1.807, 2.05) is 0 Å². The number of carbonyl (C=O) groups excluding carboxylic acids is 3. The molecule has 3 rings (SSSR count). The first kappa shape index (κ1) is 16.9. The maximum absolute atomic E-state index is 12.0. The molecular formula is C19H11N2O5-. The largest absolute Gasteiger partial charge is 0.545 e. The number of imide groups is 1. The van der Waals surface area contributed by atoms with Crippen LogP contribution in [0.2, 0.25) is 0 Å². The summed E-state index contributed by atoms with van der Waals surface area (Å²) < 4.78 is 5.64. The van der Waals surface area contributed by atoms with Gasteiger partial charge in [-0.05, 0) is 42.3 Å². The normalized spacial score (nSPS) is 15.8. The summed E-state index contributed by atoms with van der Waals surface area (Å²) in [6.45, 7) is 1.51. The lowest BCUT2D eigenvalue weighted by Gasteiger charge is -2.15. The van der Waals surface area contributed by atoms with Gasteiger partial charge in [-0.25, -0.2) is 0 Å². The Morgan fingerprint density at radius 3 is 2.69 bits per heavy atom. The number of amides is 2. The van der Waals surface area contributed by atoms with E-state index in [1.54, 1.807) is 30.3 Å². The fraction of sp³-hybridized carbons (Fsp3) is 0.0526. The summed E-state index contributed by atoms with van der Waals surface area (Å²) in [5, 5.41) is 22.1. The first-order chi connectivity index (χ1) is 12.4. The summed E-state index contributed by atoms with van der Waals surface area (Å²) in [6, 6.07) is 11.0. The molecule has 0 spiro atoms. The smallest absolute Gasteiger partial charge is 0.269 e. The molecule has 0 atom stereocenters. The fourth-order valence-corrected chi connectivity index (χ4v) is 2.54. The van der Waals surface area contributed by atoms with Gasteiger partial charge in [0.1, 0.15) is 23.2 Å². The monoisotopic (exact) mass is 347 g/mol. The second kappa shape index (κ2) is 6.53. The van der Waals surface area contributed by atoms with Crippen molar-refractivity contribution < 1.29 is 23.9 Å². The molecule has 1 aliphatic heterocycles. The Bertz CT molecular complexity index is 1050. The van der Waals surface area contributed by atoms with E-state index < -0.39 is 17.8 Å². The quantitative estimate of drug-likeness (QED) is 0.657. The van der Waals surface area contributed by atoms with Gasteiger partial charge >= 0.3 is 0 Å². The fourth-order valence-electron chi connectivity index (χ4n) is 2.54. The van der Waals surface area contributed by atoms with E-state index in [0.29, 0.717) is 17.1 Å². The number of hydrogen-bond acceptors (Lipinski definition) is 6. The molecule has 128 valence electrons. The second-order valence-corrected chi connectivity index (χ2v) is 5.52. The molecule has 2 heterocycles. The van der Waals surface area contributed by atoms with Crippen LogP contribution in [0.1, 0.15) is 23.0 Å². The number of aromatic carboxylic acids is 1. The predicted molar refractivity (Wildman–Crippen MR) is 87.9 cm³/mol. The Labute approximate surface area is 147 Å². The Morgan fingerprint density at radius 2 is 2.00 bits per heavy atom. The molecule has 1 N–H and O–H groups in total. The zero-order chi connectivity index (χ0) is 18.8. The lowest BCUT2D eigenvalue weighted by Crippen LogP contribution is -2.37. The molecule has 7 nitrogen and oxygen atoms in total. The number of nitrogens with one attached hydrogen (secondary N) is 1. The molecule has 7 heteroatoms. The highest BCUT2D eigenvalue weighted by Gasteiger charge is 2.27. The Kier molecular flexibility index (Phi) is 4.25. The van der Waals surface area contributed by atoms with Crippen molar-refractivity contribution in [2.24, 2.45) is 0 Å². The third kappa shape index (κ3) is 3.03. The third-order valence-corrected chi connectivity index (χ3v) is 3.89. The van der Waals surface area contributed by atoms with E-state index in [-0.39, 0.29) is 22.3 Å². The van der Waals surface area contributed by atoms with Crippen molar-refractivity contribution >= 4 is 23.9 Å². The highest BCUT2D eigenvalue weighted by atomic mass is 16.4. The van der Waals surface area contributed by atoms with Gasteiger partial charge < -0.3 is 14.3 Å². The minimum absolute atomic E-state index is 0.0152. The first-order valence-corrected chi connectivity index (χ1v) is 7.51. The van der Waals surface area contributed by atoms with Crippen LogP contribution >= 0.6 is 0 Å². The Balaban J connectivity index is 1.99. The van der Waals surface area contributed by atoms with Gasteiger partial charge in [0, 0.05) is 11.1 Å². The minimum Gasteiger partial charge on any atom is -0.545 e. The molecule has 0 radical (unpaired) electrons. The molecule has 0 saturated heterocycles. The number of benzene rings is 1. The number of rotatable bonds is 3. The highest BCUT2D eigenvalue weighted by Crippen LogP contribution is 2.27. The second-order valence-electron chi connectivity index (χ2n) is 5.52. The number of carbonyl (C=O) groups is 3. The van der Waals surface area contributed by atoms with Crippen LogP contribution in [-0.2, 0) is 9.59 Å². The molecule has 26 heavy (non-hydrogen) atoms. The molecule has 1 aliphatic rings. The lowest BCUT2D eigenvalue weighted by atomic mass is 9.96. The maximum Gasteiger partial charge on any atom is 0.269 e. The van der Waals surface area contributed by atoms with E-state index in [1.165, 1.54) is 25.1 Å². The average molecular weight is 347 g/mol. The number of carboxylic acid groups (broad SMARTS) is 1. The molecule has 0 fully saturated rings. The lowest BCUT2D eigenvalue weighted by molar-refractivity contribution is -0.255. The number of furan rings is 1. The van der Waals surface area contributed by atoms with E-state index in [9.17, 15) is 19.5 Å². The number of carboxylic acids is 1. The molecule has 0 bridgehead atoms. The van der Waals surface area contributed by atoms with E-state index >= 15 is 0 Å². The molecule has 2 aromatic rings. The molecule has 1 aromatic carbocycles. The zero-order valence-electron chi connectivity index (χ0n) is 13.5. The molecule has 2 amide bonds. The van der Waals surface area contributed by atoms with Crippen molar-refractivity contribution in [2.75, 3.05) is 0 Å². The summed E-state index contributed by atoms with van der Waals surface area (Å²) in [5.74, 6) is -1.94. The molecule has 0 aliphatic carbocycles. The number of nitrogens with zero attached hydrogens (tertiary/aromatic N) is 1. The molecule has 1 aromatic heterocycles. The standard InChI is InChI=1S/C19H12N2O5/c1-10-14(17(22)21-18(23)15(10)9-20)8-13-5-6-16(26-13)11-3-2-4-12(7-11)19(24)25/h2-8H,1H3,(H,24,25)(H,21,22,23)/p-1/b14-8-. The average Bonchev–Trinajstić information content (AvgIpc) is 3.07. The van der Waals surface area contributed by atoms with Gasteiger partial charge in [-0.15, -0.1) is 0 Å². The van der Waals surface area contributed by atoms with Crippen LogP contribution in [0.25, 0.3) is 17.4 Å². The van der Waals surface area contributed by atoms with Crippen LogP contribution in [0.3, 0.4) is 0 Å². The third-order valence-electron chi connectivity index (χ3n) is 3.89. The van der Waals surface area contributed by atoms with Crippen molar-refractivity contribution in [3.63, 3.8) is 0 Å². The summed E-state index contributed by atoms with van der Waals surface area (Å²) >= 11 is 0. The van der Waals surface area contributed by atoms with Crippen LogP contribution in [-0.4, -0.2) is 17.8 Å². The van der Waals surface area contributed by atoms with Gasteiger partial charge in [-0.3, -0.25) is 14.9 Å². The van der Waals surface area contributed by atoms with Crippen molar-refractivity contribution in [3.8, 4) is 17.4 Å². The van der Waals surface area contributed by atoms with E-state index in [0.717, 1.165) is 0 Å². The minimum atomic E-state index is -1.30. The van der Waals surface area contributed by atoms with Gasteiger partial charge in [0.05, 0.1) is 5.97 Å². The first-order valence-electron chi connectivity index (χ1n) is 7.51. The van der Waals surface area contributed by atoms with Crippen molar-refractivity contribution in [2.45, 2.75) is 6.92 Å². The van der Waals surface area contributed by atoms with Crippen molar-refractivity contribution in [1.82, 2.24) is 5.32 Å². The van der Waals surface area contributed by atoms with Gasteiger partial charge in [0.15, 0.2) is 0 Å². The predicted octanol–water partition coefficient (Wildman–Crippen LogP) is 1.19. The summed E-state index contributed by atoms with van der Waals surface area (Å²) in [5.41, 5.74) is 0.819. The van der Waals surface area contributed by atoms with Gasteiger partial charge in [0.25, 0.3) is 11.8 Å². The zero-order valence-corrected chi connectivity index (χ0v) is 13.5. The summed E-state index contributed by atoms with van der Waals surface area (Å²) in [6.07, 6.45) is 1.42. The van der Waals surface area contributed by atoms with Crippen LogP contribution in [0.4, 0.5) is 0 Å².